The molecule has 3 nitrogen and oxygen atoms in total. The molecule has 2 aromatic rings. The first-order valence-corrected chi connectivity index (χ1v) is 5.97. The molecule has 0 amide bonds. The molecule has 1 aromatic carbocycles. The molecule has 0 unspecified atom stereocenters. The molecule has 0 atom stereocenters. The van der Waals surface area contributed by atoms with Gasteiger partial charge in [0.05, 0.1) is 27.0 Å². The fourth-order valence-electron chi connectivity index (χ4n) is 1.51. The molecular formula is C12H6Cl3N3. The number of nitrogens with zero attached hydrogens (tertiary/aromatic N) is 2. The van der Waals surface area contributed by atoms with Crippen LogP contribution in [0.4, 0.5) is 5.69 Å². The van der Waals surface area contributed by atoms with Gasteiger partial charge in [0.15, 0.2) is 0 Å². The number of rotatable bonds is 1. The number of benzene rings is 1. The van der Waals surface area contributed by atoms with E-state index in [-0.39, 0.29) is 5.69 Å². The van der Waals surface area contributed by atoms with E-state index in [9.17, 15) is 0 Å². The van der Waals surface area contributed by atoms with E-state index in [4.69, 9.17) is 45.8 Å². The summed E-state index contributed by atoms with van der Waals surface area (Å²) in [6.45, 7) is 0. The summed E-state index contributed by atoms with van der Waals surface area (Å²) in [7, 11) is 0. The van der Waals surface area contributed by atoms with Gasteiger partial charge in [-0.3, -0.25) is 4.98 Å². The minimum absolute atomic E-state index is 0.250. The summed E-state index contributed by atoms with van der Waals surface area (Å²) in [6.07, 6.45) is 1.48. The molecule has 0 aliphatic carbocycles. The van der Waals surface area contributed by atoms with Gasteiger partial charge in [0.2, 0.25) is 0 Å². The number of halogens is 3. The average Bonchev–Trinajstić information content (AvgIpc) is 2.34. The van der Waals surface area contributed by atoms with Crippen molar-refractivity contribution in [1.82, 2.24) is 4.98 Å². The molecule has 1 aromatic heterocycles. The van der Waals surface area contributed by atoms with Crippen LogP contribution in [-0.4, -0.2) is 4.98 Å². The van der Waals surface area contributed by atoms with Crippen molar-refractivity contribution < 1.29 is 0 Å². The Bertz CT molecular complexity index is 662. The van der Waals surface area contributed by atoms with Gasteiger partial charge in [-0.05, 0) is 18.2 Å². The Morgan fingerprint density at radius 3 is 2.61 bits per heavy atom. The molecule has 0 radical (unpaired) electrons. The van der Waals surface area contributed by atoms with Gasteiger partial charge in [0.25, 0.3) is 0 Å². The zero-order chi connectivity index (χ0) is 13.3. The second kappa shape index (κ2) is 5.03. The summed E-state index contributed by atoms with van der Waals surface area (Å²) in [5, 5.41) is 9.95. The number of nitriles is 1. The normalized spacial score (nSPS) is 10.1. The highest BCUT2D eigenvalue weighted by atomic mass is 35.5. The lowest BCUT2D eigenvalue weighted by molar-refractivity contribution is 1.31. The van der Waals surface area contributed by atoms with Crippen LogP contribution in [0.25, 0.3) is 11.3 Å². The van der Waals surface area contributed by atoms with Gasteiger partial charge in [-0.1, -0.05) is 34.8 Å². The monoisotopic (exact) mass is 297 g/mol. The van der Waals surface area contributed by atoms with E-state index in [1.807, 2.05) is 6.07 Å². The molecule has 0 saturated heterocycles. The van der Waals surface area contributed by atoms with E-state index in [1.165, 1.54) is 18.3 Å². The van der Waals surface area contributed by atoms with Gasteiger partial charge >= 0.3 is 0 Å². The molecule has 0 fully saturated rings. The van der Waals surface area contributed by atoms with E-state index < -0.39 is 0 Å². The largest absolute Gasteiger partial charge is 0.396 e. The Morgan fingerprint density at radius 1 is 1.22 bits per heavy atom. The van der Waals surface area contributed by atoms with Crippen LogP contribution < -0.4 is 5.73 Å². The van der Waals surface area contributed by atoms with Crippen molar-refractivity contribution in [3.05, 3.63) is 45.0 Å². The van der Waals surface area contributed by atoms with Gasteiger partial charge < -0.3 is 5.73 Å². The fraction of sp³-hybridized carbons (Fsp3) is 0. The minimum atomic E-state index is 0.250. The molecule has 1 heterocycles. The molecule has 18 heavy (non-hydrogen) atoms. The molecule has 0 aliphatic rings. The predicted molar refractivity (Wildman–Crippen MR) is 73.8 cm³/mol. The molecule has 0 saturated carbocycles. The Labute approximate surface area is 119 Å². The van der Waals surface area contributed by atoms with Crippen molar-refractivity contribution in [3.63, 3.8) is 0 Å². The summed E-state index contributed by atoms with van der Waals surface area (Å²) in [5.74, 6) is 0. The van der Waals surface area contributed by atoms with Gasteiger partial charge in [0, 0.05) is 16.8 Å². The lowest BCUT2D eigenvalue weighted by Crippen LogP contribution is -1.97. The molecule has 0 spiro atoms. The van der Waals surface area contributed by atoms with Crippen molar-refractivity contribution >= 4 is 40.5 Å². The second-order valence-electron chi connectivity index (χ2n) is 3.48. The first-order valence-electron chi connectivity index (χ1n) is 4.84. The van der Waals surface area contributed by atoms with Crippen LogP contribution in [-0.2, 0) is 0 Å². The third-order valence-corrected chi connectivity index (χ3v) is 3.38. The predicted octanol–water partition coefficient (Wildman–Crippen LogP) is 4.16. The van der Waals surface area contributed by atoms with E-state index in [0.717, 1.165) is 0 Å². The lowest BCUT2D eigenvalue weighted by atomic mass is 10.1. The van der Waals surface area contributed by atoms with Crippen molar-refractivity contribution in [2.24, 2.45) is 0 Å². The number of nitrogen functional groups attached to an aromatic ring is 1. The number of aromatic nitrogens is 1. The minimum Gasteiger partial charge on any atom is -0.396 e. The summed E-state index contributed by atoms with van der Waals surface area (Å²) in [6, 6.07) is 6.64. The van der Waals surface area contributed by atoms with Crippen LogP contribution in [0.5, 0.6) is 0 Å². The summed E-state index contributed by atoms with van der Waals surface area (Å²) < 4.78 is 0. The highest BCUT2D eigenvalue weighted by Gasteiger charge is 2.14. The smallest absolute Gasteiger partial charge is 0.101 e. The van der Waals surface area contributed by atoms with E-state index >= 15 is 0 Å². The third-order valence-electron chi connectivity index (χ3n) is 2.36. The van der Waals surface area contributed by atoms with Gasteiger partial charge in [-0.2, -0.15) is 5.26 Å². The Hall–Kier alpha value is -1.47. The van der Waals surface area contributed by atoms with E-state index in [1.54, 1.807) is 6.07 Å². The summed E-state index contributed by atoms with van der Waals surface area (Å²) >= 11 is 18.0. The van der Waals surface area contributed by atoms with Crippen LogP contribution >= 0.6 is 34.8 Å². The van der Waals surface area contributed by atoms with Crippen LogP contribution in [0, 0.1) is 11.3 Å². The van der Waals surface area contributed by atoms with Crippen molar-refractivity contribution in [2.45, 2.75) is 0 Å². The van der Waals surface area contributed by atoms with Gasteiger partial charge in [-0.25, -0.2) is 0 Å². The topological polar surface area (TPSA) is 62.7 Å². The Morgan fingerprint density at radius 2 is 1.94 bits per heavy atom. The lowest BCUT2D eigenvalue weighted by Gasteiger charge is -2.09. The molecule has 2 rings (SSSR count). The second-order valence-corrected chi connectivity index (χ2v) is 4.70. The SMILES string of the molecule is N#Cc1ccnc(-c2cc(Cl)cc(Cl)c2Cl)c1N. The van der Waals surface area contributed by atoms with Crippen molar-refractivity contribution in [2.75, 3.05) is 5.73 Å². The van der Waals surface area contributed by atoms with E-state index in [0.29, 0.717) is 31.9 Å². The Balaban J connectivity index is 2.74. The highest BCUT2D eigenvalue weighted by Crippen LogP contribution is 2.38. The number of anilines is 1. The zero-order valence-corrected chi connectivity index (χ0v) is 11.2. The number of nitrogens with two attached hydrogens (primary N) is 1. The Kier molecular flexibility index (Phi) is 3.63. The van der Waals surface area contributed by atoms with E-state index in [2.05, 4.69) is 4.98 Å². The summed E-state index contributed by atoms with van der Waals surface area (Å²) in [5.41, 5.74) is 7.34. The van der Waals surface area contributed by atoms with Gasteiger partial charge in [-0.15, -0.1) is 0 Å². The number of hydrogen-bond acceptors (Lipinski definition) is 3. The molecule has 0 aliphatic heterocycles. The van der Waals surface area contributed by atoms with Crippen molar-refractivity contribution in [3.8, 4) is 17.3 Å². The first-order chi connectivity index (χ1) is 8.54. The number of hydrogen-bond donors (Lipinski definition) is 1. The zero-order valence-electron chi connectivity index (χ0n) is 8.92. The van der Waals surface area contributed by atoms with Crippen LogP contribution in [0.3, 0.4) is 0 Å². The average molecular weight is 299 g/mol. The molecule has 0 bridgehead atoms. The molecule has 6 heteroatoms. The number of pyridine rings is 1. The standard InChI is InChI=1S/C12H6Cl3N3/c13-7-3-8(10(15)9(14)4-7)12-11(17)6(5-16)1-2-18-12/h1-4H,17H2. The van der Waals surface area contributed by atoms with Crippen LogP contribution in [0.1, 0.15) is 5.56 Å². The first kappa shape index (κ1) is 13.0. The fourth-order valence-corrected chi connectivity index (χ4v) is 2.21. The quantitative estimate of drug-likeness (QED) is 0.804. The molecule has 90 valence electrons. The maximum atomic E-state index is 8.93. The van der Waals surface area contributed by atoms with Crippen molar-refractivity contribution in [1.29, 1.82) is 5.26 Å². The summed E-state index contributed by atoms with van der Waals surface area (Å²) in [4.78, 5) is 4.12. The molecule has 2 N–H and O–H groups in total. The maximum absolute atomic E-state index is 8.93. The van der Waals surface area contributed by atoms with Crippen LogP contribution in [0.2, 0.25) is 15.1 Å². The highest BCUT2D eigenvalue weighted by molar-refractivity contribution is 6.45. The third kappa shape index (κ3) is 2.23. The molecular weight excluding hydrogens is 293 g/mol. The van der Waals surface area contributed by atoms with Gasteiger partial charge in [0.1, 0.15) is 6.07 Å². The maximum Gasteiger partial charge on any atom is 0.101 e. The van der Waals surface area contributed by atoms with Crippen LogP contribution in [0.15, 0.2) is 24.4 Å².